The molecule has 0 saturated carbocycles. The van der Waals surface area contributed by atoms with Crippen molar-refractivity contribution in [1.82, 2.24) is 19.6 Å². The molecule has 2 heterocycles. The van der Waals surface area contributed by atoms with E-state index in [1.54, 1.807) is 0 Å². The first-order valence-electron chi connectivity index (χ1n) is 6.85. The van der Waals surface area contributed by atoms with Gasteiger partial charge in [-0.25, -0.2) is 4.68 Å². The molecule has 0 aliphatic rings. The Labute approximate surface area is 126 Å². The summed E-state index contributed by atoms with van der Waals surface area (Å²) in [4.78, 5) is 0. The van der Waals surface area contributed by atoms with E-state index in [1.807, 2.05) is 27.8 Å². The summed E-state index contributed by atoms with van der Waals surface area (Å²) in [5.41, 5.74) is 1.19. The third-order valence-electron chi connectivity index (χ3n) is 2.87. The summed E-state index contributed by atoms with van der Waals surface area (Å²) in [6.45, 7) is 10.4. The van der Waals surface area contributed by atoms with Gasteiger partial charge in [-0.05, 0) is 19.8 Å². The van der Waals surface area contributed by atoms with E-state index in [2.05, 4.69) is 49.4 Å². The number of nitrogens with one attached hydrogen (secondary N) is 1. The Hall–Kier alpha value is -1.49. The Morgan fingerprint density at radius 2 is 1.95 bits per heavy atom. The van der Waals surface area contributed by atoms with Crippen LogP contribution in [0, 0.1) is 5.92 Å². The van der Waals surface area contributed by atoms with Crippen molar-refractivity contribution in [2.75, 3.05) is 5.32 Å². The highest BCUT2D eigenvalue weighted by Gasteiger charge is 2.06. The Bertz CT molecular complexity index is 515. The fourth-order valence-corrected chi connectivity index (χ4v) is 2.03. The summed E-state index contributed by atoms with van der Waals surface area (Å²) in [5.74, 6) is 1.66. The van der Waals surface area contributed by atoms with Gasteiger partial charge in [-0.2, -0.15) is 10.2 Å². The van der Waals surface area contributed by atoms with Gasteiger partial charge in [0.25, 0.3) is 0 Å². The minimum atomic E-state index is 0. The van der Waals surface area contributed by atoms with Gasteiger partial charge < -0.3 is 5.32 Å². The molecule has 0 aliphatic carbocycles. The maximum Gasteiger partial charge on any atom is 0.124 e. The van der Waals surface area contributed by atoms with E-state index >= 15 is 0 Å². The Morgan fingerprint density at radius 3 is 2.60 bits per heavy atom. The number of anilines is 1. The van der Waals surface area contributed by atoms with Crippen LogP contribution in [0.15, 0.2) is 24.7 Å². The number of hydrogen-bond acceptors (Lipinski definition) is 3. The predicted octanol–water partition coefficient (Wildman–Crippen LogP) is 3.35. The quantitative estimate of drug-likeness (QED) is 0.889. The number of nitrogens with zero attached hydrogens (tertiary/aromatic N) is 4. The molecule has 0 fully saturated rings. The lowest BCUT2D eigenvalue weighted by molar-refractivity contribution is 0.483. The van der Waals surface area contributed by atoms with Crippen LogP contribution in [0.25, 0.3) is 0 Å². The number of rotatable bonds is 6. The minimum Gasteiger partial charge on any atom is -0.366 e. The van der Waals surface area contributed by atoms with Crippen molar-refractivity contribution in [2.45, 2.75) is 46.8 Å². The van der Waals surface area contributed by atoms with E-state index in [9.17, 15) is 0 Å². The van der Waals surface area contributed by atoms with Gasteiger partial charge in [0.05, 0.1) is 12.4 Å². The monoisotopic (exact) mass is 297 g/mol. The summed E-state index contributed by atoms with van der Waals surface area (Å²) in [6.07, 6.45) is 5.85. The highest BCUT2D eigenvalue weighted by atomic mass is 35.5. The molecule has 6 heteroatoms. The maximum absolute atomic E-state index is 4.37. The largest absolute Gasteiger partial charge is 0.366 e. The van der Waals surface area contributed by atoms with Crippen LogP contribution in [0.4, 0.5) is 5.82 Å². The van der Waals surface area contributed by atoms with E-state index in [4.69, 9.17) is 0 Å². The molecule has 112 valence electrons. The van der Waals surface area contributed by atoms with Crippen LogP contribution in [-0.4, -0.2) is 19.6 Å². The molecule has 0 unspecified atom stereocenters. The maximum atomic E-state index is 4.37. The molecular formula is C14H24ClN5. The molecule has 1 N–H and O–H groups in total. The molecule has 0 spiro atoms. The Balaban J connectivity index is 0.00000200. The molecule has 5 nitrogen and oxygen atoms in total. The summed E-state index contributed by atoms with van der Waals surface area (Å²) in [7, 11) is 0. The van der Waals surface area contributed by atoms with Crippen LogP contribution >= 0.6 is 12.4 Å². The van der Waals surface area contributed by atoms with Gasteiger partial charge in [0.2, 0.25) is 0 Å². The van der Waals surface area contributed by atoms with Crippen LogP contribution in [-0.2, 0) is 13.1 Å². The minimum absolute atomic E-state index is 0. The molecule has 0 radical (unpaired) electrons. The lowest BCUT2D eigenvalue weighted by atomic mass is 10.2. The third-order valence-corrected chi connectivity index (χ3v) is 2.87. The van der Waals surface area contributed by atoms with E-state index in [1.165, 1.54) is 5.56 Å². The zero-order valence-corrected chi connectivity index (χ0v) is 13.4. The molecule has 0 atom stereocenters. The molecule has 2 aromatic heterocycles. The predicted molar refractivity (Wildman–Crippen MR) is 84.3 cm³/mol. The Kier molecular flexibility index (Phi) is 6.07. The highest BCUT2D eigenvalue weighted by Crippen LogP contribution is 2.14. The summed E-state index contributed by atoms with van der Waals surface area (Å²) >= 11 is 0. The van der Waals surface area contributed by atoms with Crippen molar-refractivity contribution in [1.29, 1.82) is 0 Å². The highest BCUT2D eigenvalue weighted by molar-refractivity contribution is 5.85. The molecule has 0 aromatic carbocycles. The summed E-state index contributed by atoms with van der Waals surface area (Å²) < 4.78 is 3.99. The fourth-order valence-electron chi connectivity index (χ4n) is 2.03. The first kappa shape index (κ1) is 16.6. The molecular weight excluding hydrogens is 274 g/mol. The number of hydrogen-bond donors (Lipinski definition) is 1. The number of aromatic nitrogens is 4. The molecule has 2 aromatic rings. The van der Waals surface area contributed by atoms with E-state index < -0.39 is 0 Å². The van der Waals surface area contributed by atoms with Crippen LogP contribution in [0.2, 0.25) is 0 Å². The number of halogens is 1. The molecule has 2 rings (SSSR count). The lowest BCUT2D eigenvalue weighted by Gasteiger charge is -2.11. The van der Waals surface area contributed by atoms with Gasteiger partial charge in [-0.3, -0.25) is 4.68 Å². The Morgan fingerprint density at radius 1 is 1.20 bits per heavy atom. The van der Waals surface area contributed by atoms with Crippen molar-refractivity contribution in [3.8, 4) is 0 Å². The first-order valence-corrected chi connectivity index (χ1v) is 6.85. The molecule has 0 bridgehead atoms. The average Bonchev–Trinajstić information content (AvgIpc) is 2.93. The van der Waals surface area contributed by atoms with Gasteiger partial charge >= 0.3 is 0 Å². The third kappa shape index (κ3) is 4.27. The van der Waals surface area contributed by atoms with Crippen molar-refractivity contribution >= 4 is 18.2 Å². The van der Waals surface area contributed by atoms with Crippen LogP contribution in [0.5, 0.6) is 0 Å². The van der Waals surface area contributed by atoms with E-state index in [-0.39, 0.29) is 12.4 Å². The average molecular weight is 298 g/mol. The van der Waals surface area contributed by atoms with Crippen molar-refractivity contribution in [3.63, 3.8) is 0 Å². The normalized spacial score (nSPS) is 10.9. The van der Waals surface area contributed by atoms with Gasteiger partial charge in [0, 0.05) is 37.0 Å². The van der Waals surface area contributed by atoms with Crippen LogP contribution in [0.1, 0.15) is 39.3 Å². The van der Waals surface area contributed by atoms with Gasteiger partial charge in [-0.1, -0.05) is 13.8 Å². The van der Waals surface area contributed by atoms with Crippen LogP contribution < -0.4 is 5.32 Å². The van der Waals surface area contributed by atoms with E-state index in [0.717, 1.165) is 18.9 Å². The van der Waals surface area contributed by atoms with Gasteiger partial charge in [0.1, 0.15) is 5.82 Å². The fraction of sp³-hybridized carbons (Fsp3) is 0.571. The lowest BCUT2D eigenvalue weighted by Crippen LogP contribution is -2.09. The molecule has 20 heavy (non-hydrogen) atoms. The molecule has 0 saturated heterocycles. The second kappa shape index (κ2) is 7.33. The molecule has 0 amide bonds. The van der Waals surface area contributed by atoms with Crippen LogP contribution in [0.3, 0.4) is 0 Å². The SMILES string of the molecule is CC(C)Cn1cc(CNc2ccnn2C(C)C)cn1.Cl. The van der Waals surface area contributed by atoms with Gasteiger partial charge in [-0.15, -0.1) is 12.4 Å². The zero-order chi connectivity index (χ0) is 13.8. The van der Waals surface area contributed by atoms with E-state index in [0.29, 0.717) is 12.0 Å². The molecule has 0 aliphatic heterocycles. The zero-order valence-electron chi connectivity index (χ0n) is 12.6. The van der Waals surface area contributed by atoms with Gasteiger partial charge in [0.15, 0.2) is 0 Å². The van der Waals surface area contributed by atoms with Crippen molar-refractivity contribution in [3.05, 3.63) is 30.2 Å². The van der Waals surface area contributed by atoms with Crippen molar-refractivity contribution in [2.24, 2.45) is 5.92 Å². The smallest absolute Gasteiger partial charge is 0.124 e. The van der Waals surface area contributed by atoms with Crippen molar-refractivity contribution < 1.29 is 0 Å². The summed E-state index contributed by atoms with van der Waals surface area (Å²) in [6, 6.07) is 2.36. The standard InChI is InChI=1S/C14H23N5.ClH/c1-11(2)9-18-10-13(8-17-18)7-15-14-5-6-16-19(14)12(3)4;/h5-6,8,10-12,15H,7,9H2,1-4H3;1H. The first-order chi connectivity index (χ1) is 9.06. The topological polar surface area (TPSA) is 47.7 Å². The summed E-state index contributed by atoms with van der Waals surface area (Å²) in [5, 5.41) is 12.1. The second-order valence-electron chi connectivity index (χ2n) is 5.57. The second-order valence-corrected chi connectivity index (χ2v) is 5.57.